The molecule has 2 spiro atoms. The lowest BCUT2D eigenvalue weighted by molar-refractivity contribution is -0.136. The van der Waals surface area contributed by atoms with Crippen LogP contribution in [0.2, 0.25) is 0 Å². The van der Waals surface area contributed by atoms with Gasteiger partial charge < -0.3 is 39.9 Å². The van der Waals surface area contributed by atoms with Gasteiger partial charge >= 0.3 is 12.2 Å². The first kappa shape index (κ1) is 42.1. The summed E-state index contributed by atoms with van der Waals surface area (Å²) in [6.45, 7) is 9.14. The van der Waals surface area contributed by atoms with Crippen LogP contribution in [-0.4, -0.2) is 91.1 Å². The van der Waals surface area contributed by atoms with Crippen molar-refractivity contribution in [2.75, 3.05) is 13.1 Å². The number of nitrogens with zero attached hydrogens (tertiary/aromatic N) is 4. The van der Waals surface area contributed by atoms with Crippen molar-refractivity contribution in [2.24, 2.45) is 22.7 Å². The summed E-state index contributed by atoms with van der Waals surface area (Å²) >= 11 is 0. The number of likely N-dealkylation sites (tertiary alicyclic amines) is 2. The van der Waals surface area contributed by atoms with E-state index >= 15 is 0 Å². The SMILES string of the molecule is CC(C)[C@H](NC(=O)OC1CCC1)C(=O)N1CC2(CC2)C[C@H]1c1ncc(-c2ccc(C#Cc3ccc4nc([C@@H]5CC6(CC6)CN5C(=O)[C@@H](NC(=O)OC5CCC5)C(C)C)[nH]c4c3)cc2)[nH]1. The number of fused-ring (bicyclic) bond motifs is 1. The van der Waals surface area contributed by atoms with Gasteiger partial charge in [-0.15, -0.1) is 0 Å². The van der Waals surface area contributed by atoms with Gasteiger partial charge in [0.15, 0.2) is 0 Å². The average molecular weight is 869 g/mol. The van der Waals surface area contributed by atoms with E-state index in [0.29, 0.717) is 13.1 Å². The van der Waals surface area contributed by atoms with E-state index < -0.39 is 24.3 Å². The number of ether oxygens (including phenoxy) is 2. The van der Waals surface area contributed by atoms with Gasteiger partial charge in [0, 0.05) is 24.2 Å². The minimum absolute atomic E-state index is 0.0541. The van der Waals surface area contributed by atoms with Crippen molar-refractivity contribution in [3.8, 4) is 23.1 Å². The number of aromatic nitrogens is 4. The molecular formula is C50H60N8O6. The van der Waals surface area contributed by atoms with Gasteiger partial charge in [0.25, 0.3) is 0 Å². The van der Waals surface area contributed by atoms with E-state index in [9.17, 15) is 19.2 Å². The van der Waals surface area contributed by atoms with Crippen molar-refractivity contribution < 1.29 is 28.7 Å². The quantitative estimate of drug-likeness (QED) is 0.110. The molecule has 2 aliphatic heterocycles. The molecule has 4 aliphatic carbocycles. The molecule has 2 aromatic carbocycles. The molecule has 4 aromatic rings. The molecule has 4 amide bonds. The molecule has 4 N–H and O–H groups in total. The number of carbonyl (C=O) groups excluding carboxylic acids is 4. The van der Waals surface area contributed by atoms with Crippen molar-refractivity contribution >= 4 is 35.0 Å². The third kappa shape index (κ3) is 8.58. The lowest BCUT2D eigenvalue weighted by atomic mass is 9.96. The fourth-order valence-electron chi connectivity index (χ4n) is 9.92. The maximum atomic E-state index is 14.2. The predicted molar refractivity (Wildman–Crippen MR) is 239 cm³/mol. The molecule has 64 heavy (non-hydrogen) atoms. The van der Waals surface area contributed by atoms with Crippen molar-refractivity contribution in [1.29, 1.82) is 0 Å². The maximum absolute atomic E-state index is 14.2. The molecule has 2 aromatic heterocycles. The summed E-state index contributed by atoms with van der Waals surface area (Å²) < 4.78 is 11.1. The first-order valence-corrected chi connectivity index (χ1v) is 23.6. The van der Waals surface area contributed by atoms with Crippen molar-refractivity contribution in [1.82, 2.24) is 40.4 Å². The van der Waals surface area contributed by atoms with E-state index in [-0.39, 0.29) is 58.8 Å². The highest BCUT2D eigenvalue weighted by molar-refractivity contribution is 5.88. The Hall–Kier alpha value is -5.84. The predicted octanol–water partition coefficient (Wildman–Crippen LogP) is 8.07. The van der Waals surface area contributed by atoms with E-state index in [4.69, 9.17) is 19.4 Å². The molecule has 4 saturated carbocycles. The Morgan fingerprint density at radius 3 is 1.72 bits per heavy atom. The van der Waals surface area contributed by atoms with Gasteiger partial charge in [0.1, 0.15) is 35.9 Å². The number of rotatable bonds is 11. The maximum Gasteiger partial charge on any atom is 0.408 e. The molecule has 14 heteroatoms. The molecule has 336 valence electrons. The second-order valence-corrected chi connectivity index (χ2v) is 20.4. The minimum atomic E-state index is -0.682. The lowest BCUT2D eigenvalue weighted by Crippen LogP contribution is -2.52. The zero-order chi connectivity index (χ0) is 44.3. The molecule has 14 nitrogen and oxygen atoms in total. The van der Waals surface area contributed by atoms with Gasteiger partial charge in [-0.2, -0.15) is 0 Å². The number of carbonyl (C=O) groups is 4. The molecule has 4 heterocycles. The Labute approximate surface area is 374 Å². The van der Waals surface area contributed by atoms with E-state index in [1.807, 2.05) is 86.2 Å². The highest BCUT2D eigenvalue weighted by atomic mass is 16.6. The smallest absolute Gasteiger partial charge is 0.408 e. The van der Waals surface area contributed by atoms with E-state index in [1.165, 1.54) is 0 Å². The zero-order valence-corrected chi connectivity index (χ0v) is 37.4. The van der Waals surface area contributed by atoms with Crippen LogP contribution in [0.25, 0.3) is 22.3 Å². The van der Waals surface area contributed by atoms with Crippen LogP contribution in [0.4, 0.5) is 9.59 Å². The summed E-state index contributed by atoms with van der Waals surface area (Å²) in [7, 11) is 0. The zero-order valence-electron chi connectivity index (χ0n) is 37.4. The number of hydrogen-bond donors (Lipinski definition) is 4. The highest BCUT2D eigenvalue weighted by Crippen LogP contribution is 2.59. The van der Waals surface area contributed by atoms with Crippen LogP contribution in [-0.2, 0) is 19.1 Å². The molecule has 6 aliphatic rings. The number of aromatic amines is 2. The Morgan fingerprint density at radius 1 is 0.703 bits per heavy atom. The Bertz CT molecular complexity index is 2500. The fourth-order valence-corrected chi connectivity index (χ4v) is 9.92. The molecule has 0 radical (unpaired) electrons. The van der Waals surface area contributed by atoms with Crippen molar-refractivity contribution in [3.05, 3.63) is 71.4 Å². The van der Waals surface area contributed by atoms with Crippen LogP contribution in [0, 0.1) is 34.5 Å². The number of hydrogen-bond acceptors (Lipinski definition) is 8. The minimum Gasteiger partial charge on any atom is -0.446 e. The molecular weight excluding hydrogens is 809 g/mol. The second kappa shape index (κ2) is 16.6. The standard InChI is InChI=1S/C50H60N8O6/c1-29(2)41(55-47(61)63-34-7-5-8-34)45(59)57-27-49(19-20-49)24-39(57)43-51-26-38(54-43)33-16-13-31(14-17-33)11-12-32-15-18-36-37(23-32)53-44(52-36)40-25-50(21-22-50)28-58(40)46(60)42(30(3)4)56-48(62)64-35-9-6-10-35/h13-18,23,26,29-30,34-35,39-42H,5-10,19-22,24-25,27-28H2,1-4H3,(H,51,54)(H,52,53)(H,55,61)(H,56,62)/t39-,40-,41-,42-/m0/s1. The summed E-state index contributed by atoms with van der Waals surface area (Å²) in [5.41, 5.74) is 5.42. The highest BCUT2D eigenvalue weighted by Gasteiger charge is 2.56. The Balaban J connectivity index is 0.804. The fraction of sp³-hybridized carbons (Fsp3) is 0.560. The van der Waals surface area contributed by atoms with Crippen molar-refractivity contribution in [2.45, 2.75) is 141 Å². The second-order valence-electron chi connectivity index (χ2n) is 20.4. The summed E-state index contributed by atoms with van der Waals surface area (Å²) in [6.07, 6.45) is 12.3. The number of alkyl carbamates (subject to hydrolysis) is 2. The van der Waals surface area contributed by atoms with Crippen LogP contribution < -0.4 is 10.6 Å². The van der Waals surface area contributed by atoms with Crippen LogP contribution in [0.3, 0.4) is 0 Å². The summed E-state index contributed by atoms with van der Waals surface area (Å²) in [5.74, 6) is 7.75. The number of benzene rings is 2. The van der Waals surface area contributed by atoms with E-state index in [0.717, 1.165) is 122 Å². The van der Waals surface area contributed by atoms with Crippen molar-refractivity contribution in [3.63, 3.8) is 0 Å². The Morgan fingerprint density at radius 2 is 1.22 bits per heavy atom. The summed E-state index contributed by atoms with van der Waals surface area (Å²) in [5, 5.41) is 5.78. The first-order valence-electron chi connectivity index (χ1n) is 23.6. The molecule has 6 fully saturated rings. The molecule has 0 bridgehead atoms. The van der Waals surface area contributed by atoms with Gasteiger partial charge in [-0.05, 0) is 136 Å². The summed E-state index contributed by atoms with van der Waals surface area (Å²) in [6, 6.07) is 12.2. The van der Waals surface area contributed by atoms with Gasteiger partial charge in [0.2, 0.25) is 11.8 Å². The third-order valence-electron chi connectivity index (χ3n) is 14.8. The topological polar surface area (TPSA) is 175 Å². The molecule has 10 rings (SSSR count). The van der Waals surface area contributed by atoms with Gasteiger partial charge in [-0.1, -0.05) is 51.7 Å². The van der Waals surface area contributed by atoms with Gasteiger partial charge in [-0.3, -0.25) is 9.59 Å². The van der Waals surface area contributed by atoms with Crippen LogP contribution in [0.5, 0.6) is 0 Å². The lowest BCUT2D eigenvalue weighted by Gasteiger charge is -2.31. The molecule has 0 unspecified atom stereocenters. The van der Waals surface area contributed by atoms with Crippen LogP contribution >= 0.6 is 0 Å². The Kier molecular flexibility index (Phi) is 10.9. The summed E-state index contributed by atoms with van der Waals surface area (Å²) in [4.78, 5) is 74.4. The number of amides is 4. The largest absolute Gasteiger partial charge is 0.446 e. The van der Waals surface area contributed by atoms with E-state index in [2.05, 4.69) is 32.4 Å². The van der Waals surface area contributed by atoms with Gasteiger partial charge in [0.05, 0.1) is 35.0 Å². The van der Waals surface area contributed by atoms with Crippen LogP contribution in [0.1, 0.15) is 140 Å². The molecule has 2 saturated heterocycles. The van der Waals surface area contributed by atoms with Crippen LogP contribution in [0.15, 0.2) is 48.7 Å². The normalized spacial score (nSPS) is 22.8. The first-order chi connectivity index (χ1) is 30.8. The molecule has 4 atom stereocenters. The van der Waals surface area contributed by atoms with Gasteiger partial charge in [-0.25, -0.2) is 19.6 Å². The monoisotopic (exact) mass is 868 g/mol. The number of H-pyrrole nitrogens is 2. The third-order valence-corrected chi connectivity index (χ3v) is 14.8. The average Bonchev–Trinajstić information content (AvgIpc) is 3.86. The number of nitrogens with one attached hydrogen (secondary N) is 4. The number of imidazole rings is 2. The van der Waals surface area contributed by atoms with E-state index in [1.54, 1.807) is 0 Å².